The van der Waals surface area contributed by atoms with E-state index in [1.165, 1.54) is 12.1 Å². The third-order valence-corrected chi connectivity index (χ3v) is 5.52. The standard InChI is InChI=1S/C26H23F3N4O/c1-16-4-5-18(11-23(16)17-6-7-19-13-30-31-14-21(19)10-17)25(34)32-22-9-8-20(15-33(2)3)24(12-22)26(27,28)29/h4-14H,15H2,1-3H3,(H,32,34). The fourth-order valence-corrected chi connectivity index (χ4v) is 3.84. The van der Waals surface area contributed by atoms with Crippen LogP contribution in [-0.4, -0.2) is 35.1 Å². The summed E-state index contributed by atoms with van der Waals surface area (Å²) in [5.74, 6) is -0.485. The number of anilines is 1. The maximum absolute atomic E-state index is 13.6. The molecule has 3 aromatic carbocycles. The number of fused-ring (bicyclic) bond motifs is 1. The Hall–Kier alpha value is -3.78. The van der Waals surface area contributed by atoms with Gasteiger partial charge in [0.15, 0.2) is 0 Å². The number of aromatic nitrogens is 2. The number of carbonyl (C=O) groups excluding carboxylic acids is 1. The number of benzene rings is 3. The number of rotatable bonds is 5. The summed E-state index contributed by atoms with van der Waals surface area (Å²) in [6, 6.07) is 14.9. The van der Waals surface area contributed by atoms with Crippen molar-refractivity contribution in [3.05, 3.63) is 89.2 Å². The van der Waals surface area contributed by atoms with E-state index in [4.69, 9.17) is 0 Å². The molecule has 0 unspecified atom stereocenters. The molecule has 1 aromatic heterocycles. The smallest absolute Gasteiger partial charge is 0.322 e. The van der Waals surface area contributed by atoms with Crippen LogP contribution >= 0.6 is 0 Å². The number of hydrogen-bond acceptors (Lipinski definition) is 4. The monoisotopic (exact) mass is 464 g/mol. The van der Waals surface area contributed by atoms with Gasteiger partial charge in [0.2, 0.25) is 0 Å². The number of aryl methyl sites for hydroxylation is 1. The van der Waals surface area contributed by atoms with Crippen molar-refractivity contribution in [1.29, 1.82) is 0 Å². The van der Waals surface area contributed by atoms with Crippen molar-refractivity contribution in [2.75, 3.05) is 19.4 Å². The Labute approximate surface area is 195 Å². The van der Waals surface area contributed by atoms with Crippen LogP contribution in [0.4, 0.5) is 18.9 Å². The third-order valence-electron chi connectivity index (χ3n) is 5.52. The molecule has 0 saturated carbocycles. The first kappa shape index (κ1) is 23.4. The van der Waals surface area contributed by atoms with Gasteiger partial charge >= 0.3 is 6.18 Å². The van der Waals surface area contributed by atoms with E-state index in [1.54, 1.807) is 43.5 Å². The topological polar surface area (TPSA) is 58.1 Å². The highest BCUT2D eigenvalue weighted by atomic mass is 19.4. The van der Waals surface area contributed by atoms with Crippen LogP contribution in [0.1, 0.15) is 27.0 Å². The minimum absolute atomic E-state index is 0.0891. The SMILES string of the molecule is Cc1ccc(C(=O)Nc2ccc(CN(C)C)c(C(F)(F)F)c2)cc1-c1ccc2cnncc2c1. The van der Waals surface area contributed by atoms with Crippen LogP contribution in [0.25, 0.3) is 21.9 Å². The lowest BCUT2D eigenvalue weighted by atomic mass is 9.96. The normalized spacial score (nSPS) is 11.7. The molecule has 0 aliphatic heterocycles. The Morgan fingerprint density at radius 3 is 2.38 bits per heavy atom. The van der Waals surface area contributed by atoms with Crippen LogP contribution in [0.3, 0.4) is 0 Å². The summed E-state index contributed by atoms with van der Waals surface area (Å²) in [6.45, 7) is 2.08. The van der Waals surface area contributed by atoms with Gasteiger partial charge in [-0.1, -0.05) is 24.3 Å². The molecule has 4 aromatic rings. The summed E-state index contributed by atoms with van der Waals surface area (Å²) in [6.07, 6.45) is -1.18. The molecule has 0 radical (unpaired) electrons. The zero-order valence-corrected chi connectivity index (χ0v) is 18.9. The average molecular weight is 464 g/mol. The van der Waals surface area contributed by atoms with Gasteiger partial charge in [0.1, 0.15) is 0 Å². The molecule has 1 heterocycles. The minimum Gasteiger partial charge on any atom is -0.322 e. The molecular formula is C26H23F3N4O. The zero-order chi connectivity index (χ0) is 24.5. The number of halogens is 3. The van der Waals surface area contributed by atoms with Crippen LogP contribution in [-0.2, 0) is 12.7 Å². The summed E-state index contributed by atoms with van der Waals surface area (Å²) in [5, 5.41) is 12.3. The molecule has 5 nitrogen and oxygen atoms in total. The van der Waals surface area contributed by atoms with E-state index in [2.05, 4.69) is 15.5 Å². The first-order valence-corrected chi connectivity index (χ1v) is 10.6. The van der Waals surface area contributed by atoms with Crippen molar-refractivity contribution in [3.63, 3.8) is 0 Å². The van der Waals surface area contributed by atoms with Crippen LogP contribution in [0, 0.1) is 6.92 Å². The first-order chi connectivity index (χ1) is 16.1. The van der Waals surface area contributed by atoms with Gasteiger partial charge in [-0.15, -0.1) is 0 Å². The Morgan fingerprint density at radius 2 is 1.68 bits per heavy atom. The lowest BCUT2D eigenvalue weighted by Gasteiger charge is -2.18. The molecular weight excluding hydrogens is 441 g/mol. The molecule has 0 bridgehead atoms. The molecule has 1 amide bonds. The van der Waals surface area contributed by atoms with Crippen LogP contribution in [0.5, 0.6) is 0 Å². The molecule has 34 heavy (non-hydrogen) atoms. The number of alkyl halides is 3. The number of nitrogens with one attached hydrogen (secondary N) is 1. The Morgan fingerprint density at radius 1 is 0.941 bits per heavy atom. The highest BCUT2D eigenvalue weighted by Gasteiger charge is 2.33. The first-order valence-electron chi connectivity index (χ1n) is 10.6. The summed E-state index contributed by atoms with van der Waals surface area (Å²) in [7, 11) is 3.40. The maximum atomic E-state index is 13.6. The van der Waals surface area contributed by atoms with Crippen LogP contribution in [0.2, 0.25) is 0 Å². The number of nitrogens with zero attached hydrogens (tertiary/aromatic N) is 3. The van der Waals surface area contributed by atoms with Gasteiger partial charge in [-0.3, -0.25) is 4.79 Å². The quantitative estimate of drug-likeness (QED) is 0.397. The zero-order valence-electron chi connectivity index (χ0n) is 18.9. The molecule has 4 rings (SSSR count). The van der Waals surface area contributed by atoms with E-state index in [1.807, 2.05) is 31.2 Å². The summed E-state index contributed by atoms with van der Waals surface area (Å²) < 4.78 is 40.8. The molecule has 174 valence electrons. The van der Waals surface area contributed by atoms with Gasteiger partial charge in [-0.05, 0) is 73.6 Å². The van der Waals surface area contributed by atoms with Gasteiger partial charge in [0, 0.05) is 28.6 Å². The average Bonchev–Trinajstić information content (AvgIpc) is 2.79. The van der Waals surface area contributed by atoms with Crippen molar-refractivity contribution in [1.82, 2.24) is 15.1 Å². The molecule has 0 atom stereocenters. The molecule has 1 N–H and O–H groups in total. The predicted octanol–water partition coefficient (Wildman–Crippen LogP) is 5.94. The van der Waals surface area contributed by atoms with Crippen LogP contribution < -0.4 is 5.32 Å². The van der Waals surface area contributed by atoms with E-state index in [0.717, 1.165) is 33.5 Å². The van der Waals surface area contributed by atoms with Crippen molar-refractivity contribution >= 4 is 22.4 Å². The minimum atomic E-state index is -4.52. The van der Waals surface area contributed by atoms with Gasteiger partial charge in [0.05, 0.1) is 18.0 Å². The number of carbonyl (C=O) groups is 1. The third kappa shape index (κ3) is 5.07. The van der Waals surface area contributed by atoms with E-state index >= 15 is 0 Å². The fraction of sp³-hybridized carbons (Fsp3) is 0.192. The second kappa shape index (κ2) is 9.23. The molecule has 8 heteroatoms. The van der Waals surface area contributed by atoms with Gasteiger partial charge < -0.3 is 10.2 Å². The van der Waals surface area contributed by atoms with Crippen molar-refractivity contribution in [2.24, 2.45) is 0 Å². The second-order valence-electron chi connectivity index (χ2n) is 8.42. The summed E-state index contributed by atoms with van der Waals surface area (Å²) in [4.78, 5) is 14.6. The van der Waals surface area contributed by atoms with Crippen molar-refractivity contribution < 1.29 is 18.0 Å². The lowest BCUT2D eigenvalue weighted by molar-refractivity contribution is -0.138. The molecule has 0 aliphatic carbocycles. The van der Waals surface area contributed by atoms with E-state index in [0.29, 0.717) is 5.56 Å². The van der Waals surface area contributed by atoms with Crippen molar-refractivity contribution in [3.8, 4) is 11.1 Å². The van der Waals surface area contributed by atoms with Gasteiger partial charge in [0.25, 0.3) is 5.91 Å². The maximum Gasteiger partial charge on any atom is 0.416 e. The second-order valence-corrected chi connectivity index (χ2v) is 8.42. The predicted molar refractivity (Wildman–Crippen MR) is 126 cm³/mol. The highest BCUT2D eigenvalue weighted by molar-refractivity contribution is 6.05. The fourth-order valence-electron chi connectivity index (χ4n) is 3.84. The van der Waals surface area contributed by atoms with Gasteiger partial charge in [-0.25, -0.2) is 0 Å². The summed E-state index contributed by atoms with van der Waals surface area (Å²) in [5.41, 5.74) is 2.54. The lowest BCUT2D eigenvalue weighted by Crippen LogP contribution is -2.18. The summed E-state index contributed by atoms with van der Waals surface area (Å²) >= 11 is 0. The molecule has 0 fully saturated rings. The molecule has 0 saturated heterocycles. The molecule has 0 spiro atoms. The van der Waals surface area contributed by atoms with Crippen LogP contribution in [0.15, 0.2) is 67.0 Å². The number of hydrogen-bond donors (Lipinski definition) is 1. The Kier molecular flexibility index (Phi) is 6.34. The highest BCUT2D eigenvalue weighted by Crippen LogP contribution is 2.34. The largest absolute Gasteiger partial charge is 0.416 e. The van der Waals surface area contributed by atoms with E-state index < -0.39 is 17.6 Å². The molecule has 0 aliphatic rings. The van der Waals surface area contributed by atoms with Gasteiger partial charge in [-0.2, -0.15) is 23.4 Å². The Balaban J connectivity index is 1.64. The van der Waals surface area contributed by atoms with E-state index in [9.17, 15) is 18.0 Å². The van der Waals surface area contributed by atoms with Crippen molar-refractivity contribution in [2.45, 2.75) is 19.6 Å². The number of amides is 1. The van der Waals surface area contributed by atoms with E-state index in [-0.39, 0.29) is 17.8 Å². The Bertz CT molecular complexity index is 1370.